The first-order chi connectivity index (χ1) is 15.9. The Morgan fingerprint density at radius 2 is 1.85 bits per heavy atom. The molecule has 1 heterocycles. The number of anilines is 1. The number of benzene rings is 3. The third-order valence-electron chi connectivity index (χ3n) is 5.84. The maximum Gasteiger partial charge on any atom is 0.231 e. The number of rotatable bonds is 7. The standard InChI is InChI=1S/C26H27NO6/c1-16-6-5-7-18(10-16)27(2)25(29)14-20(17-8-9-22-23(11-17)33-15-32-22)26-21(28)12-19(30-3)13-24(26)31-4/h5-13,20,28H,14-15H2,1-4H3. The van der Waals surface area contributed by atoms with Crippen LogP contribution in [-0.4, -0.2) is 39.1 Å². The van der Waals surface area contributed by atoms with Crippen molar-refractivity contribution in [3.05, 3.63) is 71.3 Å². The summed E-state index contributed by atoms with van der Waals surface area (Å²) < 4.78 is 21.9. The van der Waals surface area contributed by atoms with Gasteiger partial charge in [-0.3, -0.25) is 4.79 Å². The number of phenolic OH excluding ortho intramolecular Hbond substituents is 1. The number of fused-ring (bicyclic) bond motifs is 1. The van der Waals surface area contributed by atoms with Gasteiger partial charge in [0.05, 0.1) is 14.2 Å². The number of amides is 1. The number of hydrogen-bond donors (Lipinski definition) is 1. The molecule has 0 saturated carbocycles. The van der Waals surface area contributed by atoms with Crippen molar-refractivity contribution in [1.82, 2.24) is 0 Å². The summed E-state index contributed by atoms with van der Waals surface area (Å²) >= 11 is 0. The zero-order chi connectivity index (χ0) is 23.5. The van der Waals surface area contributed by atoms with E-state index in [1.54, 1.807) is 18.0 Å². The van der Waals surface area contributed by atoms with E-state index in [2.05, 4.69) is 0 Å². The van der Waals surface area contributed by atoms with Gasteiger partial charge in [-0.1, -0.05) is 18.2 Å². The number of phenols is 1. The topological polar surface area (TPSA) is 77.5 Å². The molecule has 0 radical (unpaired) electrons. The molecule has 1 unspecified atom stereocenters. The summed E-state index contributed by atoms with van der Waals surface area (Å²) in [4.78, 5) is 15.0. The third-order valence-corrected chi connectivity index (χ3v) is 5.84. The molecule has 1 amide bonds. The average Bonchev–Trinajstić information content (AvgIpc) is 3.29. The first kappa shape index (κ1) is 22.3. The van der Waals surface area contributed by atoms with Crippen molar-refractivity contribution in [3.8, 4) is 28.7 Å². The lowest BCUT2D eigenvalue weighted by Gasteiger charge is -2.25. The number of carbonyl (C=O) groups excluding carboxylic acids is 1. The first-order valence-electron chi connectivity index (χ1n) is 10.6. The lowest BCUT2D eigenvalue weighted by molar-refractivity contribution is -0.118. The van der Waals surface area contributed by atoms with Crippen molar-refractivity contribution in [1.29, 1.82) is 0 Å². The molecule has 1 atom stereocenters. The Labute approximate surface area is 193 Å². The van der Waals surface area contributed by atoms with Crippen LogP contribution in [0.2, 0.25) is 0 Å². The van der Waals surface area contributed by atoms with Crippen LogP contribution in [0, 0.1) is 6.92 Å². The Morgan fingerprint density at radius 1 is 1.06 bits per heavy atom. The lowest BCUT2D eigenvalue weighted by Crippen LogP contribution is -2.28. The number of hydrogen-bond acceptors (Lipinski definition) is 6. The maximum absolute atomic E-state index is 13.4. The molecule has 0 bridgehead atoms. The summed E-state index contributed by atoms with van der Waals surface area (Å²) in [5.74, 6) is 1.51. The van der Waals surface area contributed by atoms with Crippen LogP contribution in [-0.2, 0) is 4.79 Å². The molecule has 7 nitrogen and oxygen atoms in total. The Balaban J connectivity index is 1.76. The summed E-state index contributed by atoms with van der Waals surface area (Å²) in [5, 5.41) is 10.9. The lowest BCUT2D eigenvalue weighted by atomic mass is 9.86. The second-order valence-corrected chi connectivity index (χ2v) is 7.92. The van der Waals surface area contributed by atoms with Crippen LogP contribution in [0.5, 0.6) is 28.7 Å². The molecule has 4 rings (SSSR count). The van der Waals surface area contributed by atoms with Gasteiger partial charge >= 0.3 is 0 Å². The van der Waals surface area contributed by atoms with Gasteiger partial charge in [-0.2, -0.15) is 0 Å². The highest BCUT2D eigenvalue weighted by atomic mass is 16.7. The van der Waals surface area contributed by atoms with Gasteiger partial charge in [0.2, 0.25) is 12.7 Å². The second kappa shape index (κ2) is 9.32. The van der Waals surface area contributed by atoms with Crippen molar-refractivity contribution >= 4 is 11.6 Å². The van der Waals surface area contributed by atoms with Crippen molar-refractivity contribution in [2.75, 3.05) is 33.0 Å². The van der Waals surface area contributed by atoms with Gasteiger partial charge < -0.3 is 29.0 Å². The molecule has 0 aliphatic carbocycles. The fraction of sp³-hybridized carbons (Fsp3) is 0.269. The van der Waals surface area contributed by atoms with Gasteiger partial charge in [-0.15, -0.1) is 0 Å². The second-order valence-electron chi connectivity index (χ2n) is 7.92. The number of ether oxygens (including phenoxy) is 4. The van der Waals surface area contributed by atoms with E-state index in [-0.39, 0.29) is 24.9 Å². The zero-order valence-corrected chi connectivity index (χ0v) is 19.1. The summed E-state index contributed by atoms with van der Waals surface area (Å²) in [5.41, 5.74) is 3.16. The van der Waals surface area contributed by atoms with Crippen LogP contribution in [0.25, 0.3) is 0 Å². The van der Waals surface area contributed by atoms with E-state index in [0.717, 1.165) is 16.8 Å². The fourth-order valence-electron chi connectivity index (χ4n) is 4.03. The Bertz CT molecular complexity index is 1180. The van der Waals surface area contributed by atoms with E-state index in [0.29, 0.717) is 28.6 Å². The molecule has 0 fully saturated rings. The number of aryl methyl sites for hydroxylation is 1. The van der Waals surface area contributed by atoms with Crippen molar-refractivity contribution in [3.63, 3.8) is 0 Å². The highest BCUT2D eigenvalue weighted by Gasteiger charge is 2.29. The SMILES string of the molecule is COc1cc(O)c(C(CC(=O)N(C)c2cccc(C)c2)c2ccc3c(c2)OCO3)c(OC)c1. The van der Waals surface area contributed by atoms with Crippen molar-refractivity contribution in [2.24, 2.45) is 0 Å². The number of methoxy groups -OCH3 is 2. The Morgan fingerprint density at radius 3 is 2.58 bits per heavy atom. The van der Waals surface area contributed by atoms with Crippen molar-refractivity contribution in [2.45, 2.75) is 19.3 Å². The summed E-state index contributed by atoms with van der Waals surface area (Å²) in [7, 11) is 4.79. The number of aromatic hydroxyl groups is 1. The maximum atomic E-state index is 13.4. The van der Waals surface area contributed by atoms with Crippen LogP contribution in [0.3, 0.4) is 0 Å². The van der Waals surface area contributed by atoms with Gasteiger partial charge in [0.25, 0.3) is 0 Å². The van der Waals surface area contributed by atoms with Gasteiger partial charge in [0.1, 0.15) is 17.2 Å². The molecular weight excluding hydrogens is 422 g/mol. The quantitative estimate of drug-likeness (QED) is 0.567. The van der Waals surface area contributed by atoms with Crippen LogP contribution >= 0.6 is 0 Å². The predicted molar refractivity (Wildman–Crippen MR) is 125 cm³/mol. The van der Waals surface area contributed by atoms with Crippen LogP contribution in [0.1, 0.15) is 29.0 Å². The zero-order valence-electron chi connectivity index (χ0n) is 19.1. The van der Waals surface area contributed by atoms with Crippen LogP contribution < -0.4 is 23.8 Å². The molecule has 1 aliphatic heterocycles. The van der Waals surface area contributed by atoms with E-state index in [4.69, 9.17) is 18.9 Å². The molecule has 0 spiro atoms. The molecule has 0 saturated heterocycles. The monoisotopic (exact) mass is 449 g/mol. The molecule has 33 heavy (non-hydrogen) atoms. The molecular formula is C26H27NO6. The summed E-state index contributed by atoms with van der Waals surface area (Å²) in [6, 6.07) is 16.5. The van der Waals surface area contributed by atoms with E-state index < -0.39 is 5.92 Å². The van der Waals surface area contributed by atoms with Gasteiger partial charge in [0.15, 0.2) is 11.5 Å². The highest BCUT2D eigenvalue weighted by Crippen LogP contribution is 2.45. The smallest absolute Gasteiger partial charge is 0.231 e. The average molecular weight is 450 g/mol. The number of nitrogens with zero attached hydrogens (tertiary/aromatic N) is 1. The van der Waals surface area contributed by atoms with Crippen LogP contribution in [0.4, 0.5) is 5.69 Å². The molecule has 1 N–H and O–H groups in total. The van der Waals surface area contributed by atoms with Crippen LogP contribution in [0.15, 0.2) is 54.6 Å². The molecule has 7 heteroatoms. The van der Waals surface area contributed by atoms with Crippen molar-refractivity contribution < 1.29 is 28.8 Å². The minimum Gasteiger partial charge on any atom is -0.507 e. The summed E-state index contributed by atoms with van der Waals surface area (Å²) in [6.07, 6.45) is 0.0976. The molecule has 0 aromatic heterocycles. The van der Waals surface area contributed by atoms with E-state index in [9.17, 15) is 9.90 Å². The van der Waals surface area contributed by atoms with E-state index in [1.165, 1.54) is 20.3 Å². The number of carbonyl (C=O) groups is 1. The Hall–Kier alpha value is -3.87. The molecule has 172 valence electrons. The molecule has 3 aromatic carbocycles. The Kier molecular flexibility index (Phi) is 6.31. The third kappa shape index (κ3) is 4.53. The van der Waals surface area contributed by atoms with E-state index in [1.807, 2.05) is 49.4 Å². The van der Waals surface area contributed by atoms with Gasteiger partial charge in [0, 0.05) is 42.8 Å². The summed E-state index contributed by atoms with van der Waals surface area (Å²) in [6.45, 7) is 2.13. The minimum atomic E-state index is -0.500. The predicted octanol–water partition coefficient (Wildman–Crippen LogP) is 4.63. The van der Waals surface area contributed by atoms with Gasteiger partial charge in [-0.25, -0.2) is 0 Å². The highest BCUT2D eigenvalue weighted by molar-refractivity contribution is 5.93. The largest absolute Gasteiger partial charge is 0.507 e. The van der Waals surface area contributed by atoms with E-state index >= 15 is 0 Å². The molecule has 3 aromatic rings. The minimum absolute atomic E-state index is 0.0140. The molecule has 1 aliphatic rings. The van der Waals surface area contributed by atoms with Gasteiger partial charge in [-0.05, 0) is 42.3 Å². The fourth-order valence-corrected chi connectivity index (χ4v) is 4.03. The first-order valence-corrected chi connectivity index (χ1v) is 10.6. The normalized spacial score (nSPS) is 12.8.